The maximum Gasteiger partial charge on any atom is 0.119 e. The maximum absolute atomic E-state index is 5.51. The molecule has 4 rings (SSSR count). The Morgan fingerprint density at radius 3 is 2.74 bits per heavy atom. The number of nitrogens with one attached hydrogen (secondary N) is 1. The standard InChI is InChI=1S/C20H22N2O/c1-2-23-16-9-7-15(8-10-16)13-22-12-11-18-17-5-3-4-6-19(17)21-20(18)14-22/h3-10,21H,2,11-14H2,1H3. The first-order valence-electron chi connectivity index (χ1n) is 8.36. The fourth-order valence-corrected chi connectivity index (χ4v) is 3.50. The first kappa shape index (κ1) is 14.3. The zero-order valence-electron chi connectivity index (χ0n) is 13.5. The number of aromatic nitrogens is 1. The van der Waals surface area contributed by atoms with E-state index in [4.69, 9.17) is 4.74 Å². The third kappa shape index (κ3) is 2.84. The van der Waals surface area contributed by atoms with E-state index >= 15 is 0 Å². The van der Waals surface area contributed by atoms with Gasteiger partial charge in [-0.05, 0) is 42.7 Å². The van der Waals surface area contributed by atoms with E-state index in [2.05, 4.69) is 58.4 Å². The van der Waals surface area contributed by atoms with Gasteiger partial charge in [0.05, 0.1) is 6.61 Å². The Bertz CT molecular complexity index is 804. The molecule has 3 aromatic rings. The molecular formula is C20H22N2O. The van der Waals surface area contributed by atoms with Gasteiger partial charge < -0.3 is 9.72 Å². The van der Waals surface area contributed by atoms with Crippen LogP contribution in [0.3, 0.4) is 0 Å². The lowest BCUT2D eigenvalue weighted by atomic mass is 10.0. The monoisotopic (exact) mass is 306 g/mol. The largest absolute Gasteiger partial charge is 0.494 e. The lowest BCUT2D eigenvalue weighted by Crippen LogP contribution is -2.29. The van der Waals surface area contributed by atoms with Crippen LogP contribution in [0.5, 0.6) is 5.75 Å². The summed E-state index contributed by atoms with van der Waals surface area (Å²) in [4.78, 5) is 6.10. The lowest BCUT2D eigenvalue weighted by molar-refractivity contribution is 0.243. The summed E-state index contributed by atoms with van der Waals surface area (Å²) in [5, 5.41) is 1.39. The van der Waals surface area contributed by atoms with Crippen molar-refractivity contribution in [3.8, 4) is 5.75 Å². The highest BCUT2D eigenvalue weighted by molar-refractivity contribution is 5.84. The summed E-state index contributed by atoms with van der Waals surface area (Å²) >= 11 is 0. The van der Waals surface area contributed by atoms with Crippen LogP contribution in [-0.2, 0) is 19.5 Å². The molecule has 1 aliphatic rings. The van der Waals surface area contributed by atoms with Crippen LogP contribution in [0.15, 0.2) is 48.5 Å². The number of ether oxygens (including phenoxy) is 1. The van der Waals surface area contributed by atoms with Gasteiger partial charge in [0.2, 0.25) is 0 Å². The molecule has 0 radical (unpaired) electrons. The third-order valence-corrected chi connectivity index (χ3v) is 4.60. The van der Waals surface area contributed by atoms with Gasteiger partial charge in [0, 0.05) is 36.2 Å². The molecule has 1 aromatic heterocycles. The molecule has 0 atom stereocenters. The van der Waals surface area contributed by atoms with Crippen LogP contribution >= 0.6 is 0 Å². The van der Waals surface area contributed by atoms with Crippen LogP contribution in [0.2, 0.25) is 0 Å². The van der Waals surface area contributed by atoms with Gasteiger partial charge in [-0.2, -0.15) is 0 Å². The average Bonchev–Trinajstić information content (AvgIpc) is 2.94. The summed E-state index contributed by atoms with van der Waals surface area (Å²) in [7, 11) is 0. The van der Waals surface area contributed by atoms with Crippen LogP contribution in [0.4, 0.5) is 0 Å². The molecule has 1 N–H and O–H groups in total. The van der Waals surface area contributed by atoms with Gasteiger partial charge in [-0.3, -0.25) is 4.90 Å². The van der Waals surface area contributed by atoms with E-state index < -0.39 is 0 Å². The van der Waals surface area contributed by atoms with Gasteiger partial charge in [0.15, 0.2) is 0 Å². The van der Waals surface area contributed by atoms with Crippen LogP contribution in [-0.4, -0.2) is 23.0 Å². The molecule has 118 valence electrons. The van der Waals surface area contributed by atoms with Crippen molar-refractivity contribution in [2.45, 2.75) is 26.4 Å². The smallest absolute Gasteiger partial charge is 0.119 e. The van der Waals surface area contributed by atoms with Crippen molar-refractivity contribution >= 4 is 10.9 Å². The molecule has 2 aromatic carbocycles. The van der Waals surface area contributed by atoms with Crippen molar-refractivity contribution in [3.63, 3.8) is 0 Å². The van der Waals surface area contributed by atoms with Crippen molar-refractivity contribution in [2.24, 2.45) is 0 Å². The molecule has 0 amide bonds. The normalized spacial score (nSPS) is 14.8. The molecule has 1 aliphatic heterocycles. The molecule has 0 bridgehead atoms. The van der Waals surface area contributed by atoms with E-state index in [0.29, 0.717) is 6.61 Å². The predicted octanol–water partition coefficient (Wildman–Crippen LogP) is 4.12. The Hall–Kier alpha value is -2.26. The molecule has 0 fully saturated rings. The van der Waals surface area contributed by atoms with E-state index in [1.165, 1.54) is 27.7 Å². The van der Waals surface area contributed by atoms with Gasteiger partial charge >= 0.3 is 0 Å². The number of H-pyrrole nitrogens is 1. The number of benzene rings is 2. The van der Waals surface area contributed by atoms with E-state index in [1.54, 1.807) is 0 Å². The van der Waals surface area contributed by atoms with Gasteiger partial charge in [0.25, 0.3) is 0 Å². The summed E-state index contributed by atoms with van der Waals surface area (Å²) in [6, 6.07) is 17.1. The zero-order chi connectivity index (χ0) is 15.6. The van der Waals surface area contributed by atoms with Gasteiger partial charge in [0.1, 0.15) is 5.75 Å². The molecule has 0 saturated carbocycles. The summed E-state index contributed by atoms with van der Waals surface area (Å²) in [5.41, 5.74) is 5.49. The van der Waals surface area contributed by atoms with E-state index in [9.17, 15) is 0 Å². The fourth-order valence-electron chi connectivity index (χ4n) is 3.50. The van der Waals surface area contributed by atoms with E-state index in [0.717, 1.165) is 31.8 Å². The zero-order valence-corrected chi connectivity index (χ0v) is 13.5. The van der Waals surface area contributed by atoms with E-state index in [-0.39, 0.29) is 0 Å². The maximum atomic E-state index is 5.51. The molecule has 0 unspecified atom stereocenters. The van der Waals surface area contributed by atoms with Crippen molar-refractivity contribution < 1.29 is 4.74 Å². The number of nitrogens with zero attached hydrogens (tertiary/aromatic N) is 1. The van der Waals surface area contributed by atoms with Crippen LogP contribution in [0.1, 0.15) is 23.7 Å². The second-order valence-corrected chi connectivity index (χ2v) is 6.17. The number of aromatic amines is 1. The highest BCUT2D eigenvalue weighted by atomic mass is 16.5. The molecule has 3 nitrogen and oxygen atoms in total. The van der Waals surface area contributed by atoms with Crippen molar-refractivity contribution in [1.82, 2.24) is 9.88 Å². The summed E-state index contributed by atoms with van der Waals surface area (Å²) in [6.45, 7) is 5.83. The molecular weight excluding hydrogens is 284 g/mol. The first-order chi connectivity index (χ1) is 11.3. The van der Waals surface area contributed by atoms with Crippen molar-refractivity contribution in [2.75, 3.05) is 13.2 Å². The minimum atomic E-state index is 0.717. The van der Waals surface area contributed by atoms with Gasteiger partial charge in [-0.1, -0.05) is 30.3 Å². The van der Waals surface area contributed by atoms with Crippen LogP contribution in [0, 0.1) is 0 Å². The minimum absolute atomic E-state index is 0.717. The van der Waals surface area contributed by atoms with Crippen LogP contribution in [0.25, 0.3) is 10.9 Å². The minimum Gasteiger partial charge on any atom is -0.494 e. The first-order valence-corrected chi connectivity index (χ1v) is 8.36. The van der Waals surface area contributed by atoms with Crippen molar-refractivity contribution in [1.29, 1.82) is 0 Å². The topological polar surface area (TPSA) is 28.3 Å². The highest BCUT2D eigenvalue weighted by Gasteiger charge is 2.20. The lowest BCUT2D eigenvalue weighted by Gasteiger charge is -2.27. The number of para-hydroxylation sites is 1. The van der Waals surface area contributed by atoms with Crippen molar-refractivity contribution in [3.05, 3.63) is 65.4 Å². The average molecular weight is 306 g/mol. The molecule has 0 spiro atoms. The summed E-state index contributed by atoms with van der Waals surface area (Å²) in [6.07, 6.45) is 1.12. The Labute approximate surface area is 136 Å². The SMILES string of the molecule is CCOc1ccc(CN2CCc3c([nH]c4ccccc34)C2)cc1. The Morgan fingerprint density at radius 1 is 1.09 bits per heavy atom. The van der Waals surface area contributed by atoms with E-state index in [1.807, 2.05) is 6.92 Å². The Kier molecular flexibility index (Phi) is 3.80. The summed E-state index contributed by atoms with van der Waals surface area (Å²) in [5.74, 6) is 0.952. The molecule has 2 heterocycles. The molecule has 0 aliphatic carbocycles. The van der Waals surface area contributed by atoms with Crippen LogP contribution < -0.4 is 4.74 Å². The Morgan fingerprint density at radius 2 is 1.91 bits per heavy atom. The highest BCUT2D eigenvalue weighted by Crippen LogP contribution is 2.28. The second kappa shape index (κ2) is 6.09. The fraction of sp³-hybridized carbons (Fsp3) is 0.300. The number of fused-ring (bicyclic) bond motifs is 3. The predicted molar refractivity (Wildman–Crippen MR) is 93.7 cm³/mol. The number of hydrogen-bond donors (Lipinski definition) is 1. The molecule has 23 heavy (non-hydrogen) atoms. The van der Waals surface area contributed by atoms with Gasteiger partial charge in [-0.15, -0.1) is 0 Å². The molecule has 0 saturated heterocycles. The summed E-state index contributed by atoms with van der Waals surface area (Å²) < 4.78 is 5.51. The van der Waals surface area contributed by atoms with Gasteiger partial charge in [-0.25, -0.2) is 0 Å². The quantitative estimate of drug-likeness (QED) is 0.785. The number of hydrogen-bond acceptors (Lipinski definition) is 2. The molecule has 3 heteroatoms. The number of rotatable bonds is 4. The Balaban J connectivity index is 1.49. The third-order valence-electron chi connectivity index (χ3n) is 4.60. The second-order valence-electron chi connectivity index (χ2n) is 6.17.